The second-order valence-electron chi connectivity index (χ2n) is 3.71. The fourth-order valence-corrected chi connectivity index (χ4v) is 1.75. The summed E-state index contributed by atoms with van der Waals surface area (Å²) in [5, 5.41) is 9.14. The number of nitrogens with zero attached hydrogens (tertiary/aromatic N) is 1. The molecule has 0 spiro atoms. The summed E-state index contributed by atoms with van der Waals surface area (Å²) < 4.78 is 1.80. The quantitative estimate of drug-likeness (QED) is 0.796. The van der Waals surface area contributed by atoms with Gasteiger partial charge in [0.25, 0.3) is 0 Å². The molecular formula is C13H11NO3. The van der Waals surface area contributed by atoms with Crippen LogP contribution in [0.5, 0.6) is 0 Å². The van der Waals surface area contributed by atoms with Gasteiger partial charge in [0.2, 0.25) is 0 Å². The second kappa shape index (κ2) is 4.25. The van der Waals surface area contributed by atoms with E-state index in [9.17, 15) is 9.59 Å². The van der Waals surface area contributed by atoms with Gasteiger partial charge in [0.05, 0.1) is 5.52 Å². The number of rotatable bonds is 2. The van der Waals surface area contributed by atoms with Gasteiger partial charge in [0, 0.05) is 30.3 Å². The van der Waals surface area contributed by atoms with E-state index in [0.717, 1.165) is 11.6 Å². The first-order valence-corrected chi connectivity index (χ1v) is 5.09. The number of benzene rings is 1. The lowest BCUT2D eigenvalue weighted by molar-refractivity contribution is -0.131. The summed E-state index contributed by atoms with van der Waals surface area (Å²) in [5.41, 5.74) is 1.04. The van der Waals surface area contributed by atoms with Gasteiger partial charge in [-0.1, -0.05) is 12.1 Å². The van der Waals surface area contributed by atoms with Crippen LogP contribution in [0.2, 0.25) is 0 Å². The lowest BCUT2D eigenvalue weighted by atomic mass is 10.1. The maximum Gasteiger partial charge on any atom is 0.328 e. The van der Waals surface area contributed by atoms with Crippen molar-refractivity contribution in [3.63, 3.8) is 0 Å². The molecule has 1 aromatic heterocycles. The highest BCUT2D eigenvalue weighted by molar-refractivity contribution is 5.87. The zero-order chi connectivity index (χ0) is 12.4. The van der Waals surface area contributed by atoms with Crippen LogP contribution in [0.15, 0.2) is 41.3 Å². The Morgan fingerprint density at radius 3 is 2.76 bits per heavy atom. The molecule has 2 rings (SSSR count). The number of carboxylic acid groups (broad SMARTS) is 1. The summed E-state index contributed by atoms with van der Waals surface area (Å²) in [5.74, 6) is -1.07. The first-order chi connectivity index (χ1) is 8.09. The minimum atomic E-state index is -1.07. The van der Waals surface area contributed by atoms with E-state index >= 15 is 0 Å². The molecule has 1 N–H and O–H groups in total. The number of hydrogen-bond donors (Lipinski definition) is 1. The Kier molecular flexibility index (Phi) is 2.78. The Morgan fingerprint density at radius 1 is 1.35 bits per heavy atom. The van der Waals surface area contributed by atoms with Gasteiger partial charge >= 0.3 is 5.97 Å². The highest BCUT2D eigenvalue weighted by atomic mass is 16.4. The Morgan fingerprint density at radius 2 is 2.06 bits per heavy atom. The van der Waals surface area contributed by atoms with Crippen molar-refractivity contribution in [3.05, 3.63) is 52.3 Å². The van der Waals surface area contributed by atoms with E-state index in [0.29, 0.717) is 10.9 Å². The fourth-order valence-electron chi connectivity index (χ4n) is 1.75. The Bertz CT molecular complexity index is 668. The molecule has 86 valence electrons. The molecule has 0 fully saturated rings. The molecule has 2 aromatic rings. The average molecular weight is 229 g/mol. The van der Waals surface area contributed by atoms with Crippen LogP contribution in [-0.2, 0) is 11.8 Å². The Hall–Kier alpha value is -2.36. The number of hydrogen-bond acceptors (Lipinski definition) is 2. The third-order valence-electron chi connectivity index (χ3n) is 2.53. The van der Waals surface area contributed by atoms with Crippen molar-refractivity contribution >= 4 is 22.9 Å². The van der Waals surface area contributed by atoms with E-state index in [1.807, 2.05) is 19.2 Å². The number of aliphatic carboxylic acids is 1. The van der Waals surface area contributed by atoms with Gasteiger partial charge in [-0.25, -0.2) is 4.79 Å². The first kappa shape index (κ1) is 11.1. The van der Waals surface area contributed by atoms with Crippen molar-refractivity contribution in [2.45, 2.75) is 0 Å². The molecule has 0 bridgehead atoms. The molecule has 0 aliphatic rings. The average Bonchev–Trinajstić information content (AvgIpc) is 2.32. The Labute approximate surface area is 97.4 Å². The van der Waals surface area contributed by atoms with Crippen LogP contribution in [0.3, 0.4) is 0 Å². The van der Waals surface area contributed by atoms with Crippen molar-refractivity contribution in [1.82, 2.24) is 4.57 Å². The molecule has 0 aliphatic heterocycles. The van der Waals surface area contributed by atoms with E-state index in [1.54, 1.807) is 22.9 Å². The van der Waals surface area contributed by atoms with Crippen LogP contribution in [0.4, 0.5) is 0 Å². The normalized spacial score (nSPS) is 11.1. The molecule has 0 saturated heterocycles. The number of aryl methyl sites for hydroxylation is 1. The van der Waals surface area contributed by atoms with E-state index in [2.05, 4.69) is 0 Å². The van der Waals surface area contributed by atoms with E-state index < -0.39 is 5.97 Å². The van der Waals surface area contributed by atoms with Crippen molar-refractivity contribution in [3.8, 4) is 0 Å². The van der Waals surface area contributed by atoms with Crippen LogP contribution in [0.25, 0.3) is 17.0 Å². The molecule has 0 saturated carbocycles. The monoisotopic (exact) mass is 229 g/mol. The van der Waals surface area contributed by atoms with Crippen molar-refractivity contribution in [2.75, 3.05) is 0 Å². The summed E-state index contributed by atoms with van der Waals surface area (Å²) in [7, 11) is 1.82. The molecule has 1 aromatic carbocycles. The molecule has 17 heavy (non-hydrogen) atoms. The molecular weight excluding hydrogens is 218 g/mol. The van der Waals surface area contributed by atoms with Gasteiger partial charge in [-0.3, -0.25) is 4.79 Å². The minimum absolute atomic E-state index is 0.156. The van der Waals surface area contributed by atoms with Crippen LogP contribution in [-0.4, -0.2) is 15.6 Å². The van der Waals surface area contributed by atoms with Gasteiger partial charge in [0.15, 0.2) is 5.43 Å². The largest absolute Gasteiger partial charge is 0.478 e. The highest BCUT2D eigenvalue weighted by Crippen LogP contribution is 2.10. The smallest absolute Gasteiger partial charge is 0.328 e. The first-order valence-electron chi connectivity index (χ1n) is 5.09. The lowest BCUT2D eigenvalue weighted by Crippen LogP contribution is -2.10. The van der Waals surface area contributed by atoms with Gasteiger partial charge in [0.1, 0.15) is 0 Å². The molecule has 0 unspecified atom stereocenters. The fraction of sp³-hybridized carbons (Fsp3) is 0.0769. The van der Waals surface area contributed by atoms with Crippen molar-refractivity contribution in [2.24, 2.45) is 7.05 Å². The number of carbonyl (C=O) groups is 1. The maximum atomic E-state index is 12.0. The molecule has 0 atom stereocenters. The van der Waals surface area contributed by atoms with Crippen molar-refractivity contribution < 1.29 is 9.90 Å². The number of para-hydroxylation sites is 1. The Balaban J connectivity index is 2.71. The van der Waals surface area contributed by atoms with Crippen LogP contribution >= 0.6 is 0 Å². The molecule has 1 heterocycles. The summed E-state index contributed by atoms with van der Waals surface area (Å²) in [6, 6.07) is 7.22. The third kappa shape index (κ3) is 2.10. The second-order valence-corrected chi connectivity index (χ2v) is 3.71. The zero-order valence-corrected chi connectivity index (χ0v) is 9.25. The number of aromatic nitrogens is 1. The summed E-state index contributed by atoms with van der Waals surface area (Å²) in [4.78, 5) is 22.5. The van der Waals surface area contributed by atoms with Gasteiger partial charge in [-0.2, -0.15) is 0 Å². The summed E-state index contributed by atoms with van der Waals surface area (Å²) in [6.07, 6.45) is 3.91. The van der Waals surface area contributed by atoms with Crippen molar-refractivity contribution in [1.29, 1.82) is 0 Å². The van der Waals surface area contributed by atoms with Gasteiger partial charge in [-0.05, 0) is 18.2 Å². The van der Waals surface area contributed by atoms with E-state index in [-0.39, 0.29) is 5.43 Å². The molecule has 0 radical (unpaired) electrons. The standard InChI is InChI=1S/C13H11NO3/c1-14-8-9(6-7-12(15)16)13(17)10-4-2-3-5-11(10)14/h2-8H,1H3,(H,15,16). The number of pyridine rings is 1. The lowest BCUT2D eigenvalue weighted by Gasteiger charge is -2.06. The van der Waals surface area contributed by atoms with E-state index in [4.69, 9.17) is 5.11 Å². The SMILES string of the molecule is Cn1cc(C=CC(=O)O)c(=O)c2ccccc21. The molecule has 0 amide bonds. The molecule has 0 aliphatic carbocycles. The van der Waals surface area contributed by atoms with Gasteiger partial charge in [-0.15, -0.1) is 0 Å². The zero-order valence-electron chi connectivity index (χ0n) is 9.25. The minimum Gasteiger partial charge on any atom is -0.478 e. The topological polar surface area (TPSA) is 59.3 Å². The van der Waals surface area contributed by atoms with Crippen LogP contribution in [0, 0.1) is 0 Å². The maximum absolute atomic E-state index is 12.0. The number of fused-ring (bicyclic) bond motifs is 1. The number of carboxylic acids is 1. The summed E-state index contributed by atoms with van der Waals surface area (Å²) >= 11 is 0. The summed E-state index contributed by atoms with van der Waals surface area (Å²) in [6.45, 7) is 0. The predicted molar refractivity (Wildman–Crippen MR) is 65.9 cm³/mol. The molecule has 4 nitrogen and oxygen atoms in total. The third-order valence-corrected chi connectivity index (χ3v) is 2.53. The predicted octanol–water partition coefficient (Wildman–Crippen LogP) is 1.64. The highest BCUT2D eigenvalue weighted by Gasteiger charge is 2.04. The van der Waals surface area contributed by atoms with Crippen LogP contribution in [0.1, 0.15) is 5.56 Å². The molecule has 4 heteroatoms. The van der Waals surface area contributed by atoms with Crippen LogP contribution < -0.4 is 5.43 Å². The van der Waals surface area contributed by atoms with E-state index in [1.165, 1.54) is 6.08 Å². The van der Waals surface area contributed by atoms with Gasteiger partial charge < -0.3 is 9.67 Å².